The number of hydrogen-bond acceptors (Lipinski definition) is 5. The molecule has 0 saturated carbocycles. The van der Waals surface area contributed by atoms with Gasteiger partial charge in [-0.2, -0.15) is 11.8 Å². The second-order valence-corrected chi connectivity index (χ2v) is 10.1. The van der Waals surface area contributed by atoms with E-state index in [1.807, 2.05) is 53.1 Å². The van der Waals surface area contributed by atoms with Gasteiger partial charge in [0.15, 0.2) is 0 Å². The Kier molecular flexibility index (Phi) is 6.19. The number of benzene rings is 2. The van der Waals surface area contributed by atoms with E-state index in [9.17, 15) is 4.79 Å². The van der Waals surface area contributed by atoms with Gasteiger partial charge in [0.1, 0.15) is 11.3 Å². The van der Waals surface area contributed by atoms with Crippen LogP contribution in [0.25, 0.3) is 22.3 Å². The molecule has 1 amide bonds. The summed E-state index contributed by atoms with van der Waals surface area (Å²) in [4.78, 5) is 26.0. The van der Waals surface area contributed by atoms with E-state index < -0.39 is 0 Å². The molecule has 2 fully saturated rings. The molecule has 35 heavy (non-hydrogen) atoms. The van der Waals surface area contributed by atoms with Crippen molar-refractivity contribution in [1.29, 1.82) is 0 Å². The summed E-state index contributed by atoms with van der Waals surface area (Å²) in [5.74, 6) is 1.91. The van der Waals surface area contributed by atoms with E-state index in [2.05, 4.69) is 46.3 Å². The molecule has 6 nitrogen and oxygen atoms in total. The first kappa shape index (κ1) is 22.2. The quantitative estimate of drug-likeness (QED) is 0.442. The molecule has 2 saturated heterocycles. The van der Waals surface area contributed by atoms with Crippen LogP contribution in [-0.4, -0.2) is 65.1 Å². The standard InChI is InChI=1S/C28H28N4O2S/c33-28(32-14-17-35-19-26(32)21-4-2-1-3-5-21)25-18-22-8-11-24(29-27(22)30-25)20-6-9-23(10-7-20)31-12-15-34-16-13-31/h1-11,18,26H,12-17,19H2,(H,29,30). The molecule has 178 valence electrons. The minimum Gasteiger partial charge on any atom is -0.378 e. The maximum absolute atomic E-state index is 13.5. The van der Waals surface area contributed by atoms with Crippen molar-refractivity contribution in [3.8, 4) is 11.3 Å². The molecule has 0 spiro atoms. The number of hydrogen-bond donors (Lipinski definition) is 1. The van der Waals surface area contributed by atoms with Crippen LogP contribution in [0.5, 0.6) is 0 Å². The molecule has 1 N–H and O–H groups in total. The van der Waals surface area contributed by atoms with Gasteiger partial charge in [0.25, 0.3) is 5.91 Å². The third-order valence-electron chi connectivity index (χ3n) is 6.82. The smallest absolute Gasteiger partial charge is 0.270 e. The number of aromatic nitrogens is 2. The summed E-state index contributed by atoms with van der Waals surface area (Å²) < 4.78 is 5.46. The first-order valence-electron chi connectivity index (χ1n) is 12.1. The number of rotatable bonds is 4. The van der Waals surface area contributed by atoms with Crippen molar-refractivity contribution in [2.24, 2.45) is 0 Å². The number of morpholine rings is 1. The average Bonchev–Trinajstić information content (AvgIpc) is 3.37. The summed E-state index contributed by atoms with van der Waals surface area (Å²) in [6.45, 7) is 4.13. The first-order valence-corrected chi connectivity index (χ1v) is 13.3. The molecule has 4 aromatic rings. The number of thioether (sulfide) groups is 1. The van der Waals surface area contributed by atoms with E-state index in [0.29, 0.717) is 5.69 Å². The molecule has 4 heterocycles. The van der Waals surface area contributed by atoms with Crippen molar-refractivity contribution in [3.05, 3.63) is 84.1 Å². The van der Waals surface area contributed by atoms with Crippen LogP contribution in [0.1, 0.15) is 22.1 Å². The van der Waals surface area contributed by atoms with Gasteiger partial charge in [-0.05, 0) is 35.9 Å². The summed E-state index contributed by atoms with van der Waals surface area (Å²) in [5, 5.41) is 0.949. The normalized spacial score (nSPS) is 18.7. The van der Waals surface area contributed by atoms with Crippen LogP contribution in [0.3, 0.4) is 0 Å². The molecule has 1 unspecified atom stereocenters. The zero-order valence-electron chi connectivity index (χ0n) is 19.5. The minimum atomic E-state index is 0.0357. The highest BCUT2D eigenvalue weighted by molar-refractivity contribution is 7.99. The van der Waals surface area contributed by atoms with Gasteiger partial charge >= 0.3 is 0 Å². The molecule has 1 atom stereocenters. The van der Waals surface area contributed by atoms with E-state index >= 15 is 0 Å². The van der Waals surface area contributed by atoms with Crippen molar-refractivity contribution < 1.29 is 9.53 Å². The Balaban J connectivity index is 1.24. The van der Waals surface area contributed by atoms with Crippen molar-refractivity contribution in [2.75, 3.05) is 49.3 Å². The van der Waals surface area contributed by atoms with E-state index in [-0.39, 0.29) is 11.9 Å². The molecule has 2 aromatic carbocycles. The second-order valence-electron chi connectivity index (χ2n) is 8.96. The lowest BCUT2D eigenvalue weighted by Crippen LogP contribution is -2.40. The van der Waals surface area contributed by atoms with Crippen molar-refractivity contribution in [2.45, 2.75) is 6.04 Å². The molecule has 0 bridgehead atoms. The number of carbonyl (C=O) groups excluding carboxylic acids is 1. The van der Waals surface area contributed by atoms with Gasteiger partial charge in [-0.15, -0.1) is 0 Å². The molecule has 2 aliphatic heterocycles. The van der Waals surface area contributed by atoms with E-state index in [4.69, 9.17) is 9.72 Å². The topological polar surface area (TPSA) is 61.5 Å². The number of anilines is 1. The summed E-state index contributed by atoms with van der Waals surface area (Å²) in [5.41, 5.74) is 5.68. The fraction of sp³-hybridized carbons (Fsp3) is 0.286. The maximum atomic E-state index is 13.5. The lowest BCUT2D eigenvalue weighted by Gasteiger charge is -2.35. The fourth-order valence-corrected chi connectivity index (χ4v) is 5.99. The molecule has 2 aromatic heterocycles. The number of carbonyl (C=O) groups is 1. The van der Waals surface area contributed by atoms with Crippen molar-refractivity contribution >= 4 is 34.4 Å². The van der Waals surface area contributed by atoms with Gasteiger partial charge in [0.2, 0.25) is 0 Å². The second kappa shape index (κ2) is 9.76. The van der Waals surface area contributed by atoms with Crippen LogP contribution in [0.4, 0.5) is 5.69 Å². The third-order valence-corrected chi connectivity index (χ3v) is 7.85. The van der Waals surface area contributed by atoms with Crippen LogP contribution in [0, 0.1) is 0 Å². The molecule has 6 rings (SSSR count). The van der Waals surface area contributed by atoms with Crippen LogP contribution in [0.2, 0.25) is 0 Å². The third kappa shape index (κ3) is 4.54. The van der Waals surface area contributed by atoms with E-state index in [0.717, 1.165) is 66.6 Å². The van der Waals surface area contributed by atoms with Gasteiger partial charge in [0.05, 0.1) is 24.9 Å². The lowest BCUT2D eigenvalue weighted by atomic mass is 10.1. The van der Waals surface area contributed by atoms with Gasteiger partial charge < -0.3 is 19.5 Å². The molecular weight excluding hydrogens is 456 g/mol. The number of pyridine rings is 1. The van der Waals surface area contributed by atoms with Crippen LogP contribution >= 0.6 is 11.8 Å². The zero-order chi connectivity index (χ0) is 23.6. The Morgan fingerprint density at radius 2 is 1.77 bits per heavy atom. The Bertz CT molecular complexity index is 1320. The predicted octanol–water partition coefficient (Wildman–Crippen LogP) is 5.00. The van der Waals surface area contributed by atoms with Crippen LogP contribution < -0.4 is 4.90 Å². The maximum Gasteiger partial charge on any atom is 0.270 e. The zero-order valence-corrected chi connectivity index (χ0v) is 20.3. The lowest BCUT2D eigenvalue weighted by molar-refractivity contribution is 0.0696. The van der Waals surface area contributed by atoms with Gasteiger partial charge in [-0.1, -0.05) is 42.5 Å². The Morgan fingerprint density at radius 3 is 2.57 bits per heavy atom. The van der Waals surface area contributed by atoms with Crippen molar-refractivity contribution in [1.82, 2.24) is 14.9 Å². The number of nitrogens with zero attached hydrogens (tertiary/aromatic N) is 3. The van der Waals surface area contributed by atoms with Crippen LogP contribution in [-0.2, 0) is 4.74 Å². The molecule has 7 heteroatoms. The van der Waals surface area contributed by atoms with Crippen LogP contribution in [0.15, 0.2) is 72.8 Å². The highest BCUT2D eigenvalue weighted by Gasteiger charge is 2.30. The molecular formula is C28H28N4O2S. The number of amides is 1. The molecule has 2 aliphatic rings. The van der Waals surface area contributed by atoms with Gasteiger partial charge in [-0.25, -0.2) is 4.98 Å². The molecule has 0 aliphatic carbocycles. The van der Waals surface area contributed by atoms with E-state index in [1.54, 1.807) is 0 Å². The molecule has 0 radical (unpaired) electrons. The number of H-pyrrole nitrogens is 1. The summed E-state index contributed by atoms with van der Waals surface area (Å²) >= 11 is 1.90. The largest absolute Gasteiger partial charge is 0.378 e. The summed E-state index contributed by atoms with van der Waals surface area (Å²) in [7, 11) is 0. The Morgan fingerprint density at radius 1 is 0.971 bits per heavy atom. The van der Waals surface area contributed by atoms with E-state index in [1.165, 1.54) is 11.3 Å². The number of ether oxygens (including phenoxy) is 1. The predicted molar refractivity (Wildman–Crippen MR) is 142 cm³/mol. The minimum absolute atomic E-state index is 0.0357. The van der Waals surface area contributed by atoms with Gasteiger partial charge in [-0.3, -0.25) is 4.79 Å². The fourth-order valence-electron chi connectivity index (χ4n) is 4.90. The van der Waals surface area contributed by atoms with Crippen molar-refractivity contribution in [3.63, 3.8) is 0 Å². The monoisotopic (exact) mass is 484 g/mol. The summed E-state index contributed by atoms with van der Waals surface area (Å²) in [6, 6.07) is 24.9. The SMILES string of the molecule is O=C(c1cc2ccc(-c3ccc(N4CCOCC4)cc3)nc2[nH]1)N1CCSCC1c1ccccc1. The number of aromatic amines is 1. The number of nitrogens with one attached hydrogen (secondary N) is 1. The first-order chi connectivity index (χ1) is 17.3. The average molecular weight is 485 g/mol. The Labute approximate surface area is 209 Å². The summed E-state index contributed by atoms with van der Waals surface area (Å²) in [6.07, 6.45) is 0. The number of fused-ring (bicyclic) bond motifs is 1. The van der Waals surface area contributed by atoms with Gasteiger partial charge in [0, 0.05) is 47.8 Å². The highest BCUT2D eigenvalue weighted by atomic mass is 32.2. The Hall–Kier alpha value is -3.29. The highest BCUT2D eigenvalue weighted by Crippen LogP contribution is 2.31.